The summed E-state index contributed by atoms with van der Waals surface area (Å²) in [5.74, 6) is 0. The Morgan fingerprint density at radius 2 is 2.04 bits per heavy atom. The molecule has 0 bridgehead atoms. The van der Waals surface area contributed by atoms with Gasteiger partial charge in [-0.1, -0.05) is 42.8 Å². The number of pyridine rings is 1. The van der Waals surface area contributed by atoms with Crippen LogP contribution in [0.5, 0.6) is 0 Å². The van der Waals surface area contributed by atoms with Gasteiger partial charge in [-0.2, -0.15) is 4.68 Å². The molecule has 6 nitrogen and oxygen atoms in total. The average molecular weight is 345 g/mol. The summed E-state index contributed by atoms with van der Waals surface area (Å²) in [6.07, 6.45) is 0.875. The number of amides is 1. The summed E-state index contributed by atoms with van der Waals surface area (Å²) in [6.45, 7) is 4.16. The van der Waals surface area contributed by atoms with E-state index in [1.54, 1.807) is 13.0 Å². The molecule has 0 spiro atoms. The highest BCUT2D eigenvalue weighted by atomic mass is 35.5. The SMILES string of the molecule is CCc1ccccc1CNC(=O)n1[nH]c2nc(Cl)cc(C)c2c1=O. The molecule has 0 aliphatic carbocycles. The van der Waals surface area contributed by atoms with Crippen LogP contribution in [0.25, 0.3) is 11.0 Å². The Morgan fingerprint density at radius 1 is 1.33 bits per heavy atom. The number of aromatic nitrogens is 3. The van der Waals surface area contributed by atoms with Crippen molar-refractivity contribution >= 4 is 28.7 Å². The van der Waals surface area contributed by atoms with Crippen LogP contribution in [0.2, 0.25) is 5.15 Å². The normalized spacial score (nSPS) is 11.0. The lowest BCUT2D eigenvalue weighted by Crippen LogP contribution is -2.35. The number of hydrogen-bond donors (Lipinski definition) is 2. The van der Waals surface area contributed by atoms with Gasteiger partial charge in [-0.15, -0.1) is 0 Å². The fourth-order valence-electron chi connectivity index (χ4n) is 2.72. The summed E-state index contributed by atoms with van der Waals surface area (Å²) in [5, 5.41) is 6.10. The number of nitrogens with one attached hydrogen (secondary N) is 2. The molecule has 0 atom stereocenters. The van der Waals surface area contributed by atoms with Gasteiger partial charge in [0.1, 0.15) is 5.15 Å². The third-order valence-corrected chi connectivity index (χ3v) is 4.15. The number of carbonyl (C=O) groups excluding carboxylic acids is 1. The summed E-state index contributed by atoms with van der Waals surface area (Å²) in [6, 6.07) is 8.93. The van der Waals surface area contributed by atoms with E-state index in [2.05, 4.69) is 22.3 Å². The van der Waals surface area contributed by atoms with Crippen LogP contribution in [0.15, 0.2) is 35.1 Å². The van der Waals surface area contributed by atoms with Gasteiger partial charge in [0.05, 0.1) is 5.39 Å². The second-order valence-corrected chi connectivity index (χ2v) is 5.91. The Morgan fingerprint density at radius 3 is 2.75 bits per heavy atom. The highest BCUT2D eigenvalue weighted by molar-refractivity contribution is 6.29. The predicted molar refractivity (Wildman–Crippen MR) is 93.6 cm³/mol. The zero-order valence-corrected chi connectivity index (χ0v) is 14.1. The van der Waals surface area contributed by atoms with Gasteiger partial charge in [0.25, 0.3) is 5.56 Å². The Kier molecular flexibility index (Phi) is 4.40. The highest BCUT2D eigenvalue weighted by Gasteiger charge is 2.16. The molecule has 3 rings (SSSR count). The summed E-state index contributed by atoms with van der Waals surface area (Å²) in [7, 11) is 0. The molecular weight excluding hydrogens is 328 g/mol. The van der Waals surface area contributed by atoms with Crippen LogP contribution in [0.1, 0.15) is 23.6 Å². The van der Waals surface area contributed by atoms with Gasteiger partial charge in [0.15, 0.2) is 5.65 Å². The van der Waals surface area contributed by atoms with Crippen molar-refractivity contribution in [2.24, 2.45) is 0 Å². The fraction of sp³-hybridized carbons (Fsp3) is 0.235. The lowest BCUT2D eigenvalue weighted by molar-refractivity contribution is 0.238. The monoisotopic (exact) mass is 344 g/mol. The molecule has 0 radical (unpaired) electrons. The van der Waals surface area contributed by atoms with Crippen molar-refractivity contribution < 1.29 is 4.79 Å². The van der Waals surface area contributed by atoms with Gasteiger partial charge in [-0.25, -0.2) is 9.78 Å². The molecule has 124 valence electrons. The van der Waals surface area contributed by atoms with E-state index in [-0.39, 0.29) is 5.15 Å². The summed E-state index contributed by atoms with van der Waals surface area (Å²) in [4.78, 5) is 28.8. The van der Waals surface area contributed by atoms with Gasteiger partial charge >= 0.3 is 6.03 Å². The number of carbonyl (C=O) groups is 1. The van der Waals surface area contributed by atoms with E-state index in [1.165, 1.54) is 0 Å². The van der Waals surface area contributed by atoms with Gasteiger partial charge in [0.2, 0.25) is 0 Å². The smallest absolute Gasteiger partial charge is 0.332 e. The number of rotatable bonds is 3. The van der Waals surface area contributed by atoms with Crippen LogP contribution in [-0.2, 0) is 13.0 Å². The first-order valence-electron chi connectivity index (χ1n) is 7.64. The number of hydrogen-bond acceptors (Lipinski definition) is 3. The van der Waals surface area contributed by atoms with Crippen molar-refractivity contribution in [2.75, 3.05) is 0 Å². The fourth-order valence-corrected chi connectivity index (χ4v) is 2.97. The van der Waals surface area contributed by atoms with E-state index in [0.717, 1.165) is 22.2 Å². The Hall–Kier alpha value is -2.60. The van der Waals surface area contributed by atoms with Crippen LogP contribution < -0.4 is 10.9 Å². The lowest BCUT2D eigenvalue weighted by atomic mass is 10.1. The van der Waals surface area contributed by atoms with Crippen molar-refractivity contribution in [3.63, 3.8) is 0 Å². The molecule has 0 saturated heterocycles. The molecule has 0 saturated carbocycles. The quantitative estimate of drug-likeness (QED) is 0.717. The Labute approximate surface area is 143 Å². The number of fused-ring (bicyclic) bond motifs is 1. The summed E-state index contributed by atoms with van der Waals surface area (Å²) in [5.41, 5.74) is 2.72. The van der Waals surface area contributed by atoms with E-state index in [1.807, 2.05) is 24.3 Å². The first-order chi connectivity index (χ1) is 11.5. The van der Waals surface area contributed by atoms with E-state index in [0.29, 0.717) is 23.1 Å². The van der Waals surface area contributed by atoms with E-state index in [9.17, 15) is 9.59 Å². The molecular formula is C17H17ClN4O2. The van der Waals surface area contributed by atoms with Crippen LogP contribution in [0.3, 0.4) is 0 Å². The summed E-state index contributed by atoms with van der Waals surface area (Å²) < 4.78 is 0.926. The van der Waals surface area contributed by atoms with Crippen molar-refractivity contribution in [2.45, 2.75) is 26.8 Å². The maximum Gasteiger partial charge on any atom is 0.343 e. The predicted octanol–water partition coefficient (Wildman–Crippen LogP) is 3.01. The maximum absolute atomic E-state index is 12.4. The number of halogens is 1. The van der Waals surface area contributed by atoms with Gasteiger partial charge in [-0.05, 0) is 36.1 Å². The van der Waals surface area contributed by atoms with Gasteiger partial charge < -0.3 is 5.32 Å². The topological polar surface area (TPSA) is 79.8 Å². The molecule has 2 heterocycles. The first kappa shape index (κ1) is 16.3. The Balaban J connectivity index is 1.88. The van der Waals surface area contributed by atoms with Crippen molar-refractivity contribution in [1.29, 1.82) is 0 Å². The van der Waals surface area contributed by atoms with Crippen molar-refractivity contribution in [3.05, 3.63) is 62.5 Å². The van der Waals surface area contributed by atoms with Crippen LogP contribution >= 0.6 is 11.6 Å². The van der Waals surface area contributed by atoms with E-state index < -0.39 is 11.6 Å². The Bertz CT molecular complexity index is 974. The molecule has 0 unspecified atom stereocenters. The molecule has 7 heteroatoms. The molecule has 24 heavy (non-hydrogen) atoms. The number of H-pyrrole nitrogens is 1. The minimum Gasteiger partial charge on any atom is -0.332 e. The largest absolute Gasteiger partial charge is 0.343 e. The van der Waals surface area contributed by atoms with E-state index >= 15 is 0 Å². The molecule has 1 aromatic carbocycles. The molecule has 0 fully saturated rings. The standard InChI is InChI=1S/C17H17ClN4O2/c1-3-11-6-4-5-7-12(11)9-19-17(24)22-16(23)14-10(2)8-13(18)20-15(14)21-22/h4-8H,3,9H2,1-2H3,(H,19,24)(H,20,21). The number of benzene rings is 1. The van der Waals surface area contributed by atoms with Crippen molar-refractivity contribution in [1.82, 2.24) is 20.1 Å². The molecule has 1 amide bonds. The average Bonchev–Trinajstić information content (AvgIpc) is 2.89. The minimum atomic E-state index is -0.528. The third-order valence-electron chi connectivity index (χ3n) is 3.95. The first-order valence-corrected chi connectivity index (χ1v) is 8.02. The summed E-state index contributed by atoms with van der Waals surface area (Å²) >= 11 is 5.90. The zero-order chi connectivity index (χ0) is 17.3. The second-order valence-electron chi connectivity index (χ2n) is 5.52. The molecule has 0 aliphatic heterocycles. The van der Waals surface area contributed by atoms with Crippen LogP contribution in [0, 0.1) is 6.92 Å². The molecule has 2 aromatic heterocycles. The lowest BCUT2D eigenvalue weighted by Gasteiger charge is -2.09. The van der Waals surface area contributed by atoms with Gasteiger partial charge in [-0.3, -0.25) is 9.89 Å². The van der Waals surface area contributed by atoms with E-state index in [4.69, 9.17) is 11.6 Å². The zero-order valence-electron chi connectivity index (χ0n) is 13.4. The van der Waals surface area contributed by atoms with Gasteiger partial charge in [0, 0.05) is 6.54 Å². The number of aryl methyl sites for hydroxylation is 2. The molecule has 3 aromatic rings. The highest BCUT2D eigenvalue weighted by Crippen LogP contribution is 2.15. The van der Waals surface area contributed by atoms with Crippen LogP contribution in [-0.4, -0.2) is 20.8 Å². The van der Waals surface area contributed by atoms with Crippen molar-refractivity contribution in [3.8, 4) is 0 Å². The molecule has 0 aliphatic rings. The van der Waals surface area contributed by atoms with Crippen LogP contribution in [0.4, 0.5) is 4.79 Å². The minimum absolute atomic E-state index is 0.269. The number of nitrogens with zero attached hydrogens (tertiary/aromatic N) is 2. The second kappa shape index (κ2) is 6.49. The maximum atomic E-state index is 12.4. The third kappa shape index (κ3) is 2.92. The molecule has 2 N–H and O–H groups in total. The number of aromatic amines is 1.